The van der Waals surface area contributed by atoms with E-state index in [1.54, 1.807) is 7.11 Å². The van der Waals surface area contributed by atoms with Gasteiger partial charge in [0.2, 0.25) is 0 Å². The maximum Gasteiger partial charge on any atom is 0.316 e. The van der Waals surface area contributed by atoms with Crippen molar-refractivity contribution in [2.75, 3.05) is 56.2 Å². The molecule has 0 spiro atoms. The molecule has 0 bridgehead atoms. The number of H-pyrrole nitrogens is 1. The molecule has 1 saturated heterocycles. The van der Waals surface area contributed by atoms with Gasteiger partial charge in [-0.15, -0.1) is 0 Å². The van der Waals surface area contributed by atoms with E-state index in [1.807, 2.05) is 24.4 Å². The summed E-state index contributed by atoms with van der Waals surface area (Å²) in [5.74, 6) is -0.886. The van der Waals surface area contributed by atoms with Crippen molar-refractivity contribution in [1.29, 1.82) is 0 Å². The van der Waals surface area contributed by atoms with E-state index >= 15 is 0 Å². The number of nitrogens with one attached hydrogen (secondary N) is 1. The van der Waals surface area contributed by atoms with Gasteiger partial charge in [0.05, 0.1) is 12.8 Å². The Hall–Kier alpha value is -3.52. The maximum atomic E-state index is 12.4. The molecule has 3 aromatic rings. The number of primary amides is 1. The molecule has 2 aliphatic rings. The number of hydrogen-bond acceptors (Lipinski definition) is 5. The molecular formula is C25H29N5O3. The minimum absolute atomic E-state index is 0.146. The molecule has 0 radical (unpaired) electrons. The van der Waals surface area contributed by atoms with Crippen molar-refractivity contribution >= 4 is 34.1 Å². The Morgan fingerprint density at radius 2 is 1.94 bits per heavy atom. The number of para-hydroxylation sites is 1. The third-order valence-corrected chi connectivity index (χ3v) is 6.89. The first-order valence-electron chi connectivity index (χ1n) is 11.4. The molecule has 2 amide bonds. The van der Waals surface area contributed by atoms with Crippen LogP contribution in [-0.2, 0) is 9.59 Å². The zero-order valence-electron chi connectivity index (χ0n) is 18.8. The monoisotopic (exact) mass is 447 g/mol. The van der Waals surface area contributed by atoms with Crippen molar-refractivity contribution in [3.8, 4) is 5.75 Å². The second-order valence-corrected chi connectivity index (χ2v) is 8.74. The van der Waals surface area contributed by atoms with E-state index in [9.17, 15) is 9.59 Å². The molecule has 3 heterocycles. The van der Waals surface area contributed by atoms with Crippen LogP contribution in [0.1, 0.15) is 17.9 Å². The summed E-state index contributed by atoms with van der Waals surface area (Å²) in [6.45, 7) is 5.34. The summed E-state index contributed by atoms with van der Waals surface area (Å²) in [6.07, 6.45) is 2.87. The maximum absolute atomic E-state index is 12.4. The van der Waals surface area contributed by atoms with Crippen LogP contribution < -0.4 is 20.3 Å². The molecule has 8 nitrogen and oxygen atoms in total. The highest BCUT2D eigenvalue weighted by molar-refractivity contribution is 6.40. The van der Waals surface area contributed by atoms with Crippen molar-refractivity contribution in [2.24, 2.45) is 5.73 Å². The van der Waals surface area contributed by atoms with Gasteiger partial charge in [-0.2, -0.15) is 0 Å². The van der Waals surface area contributed by atoms with E-state index in [0.717, 1.165) is 50.2 Å². The number of aromatic nitrogens is 1. The molecule has 172 valence electrons. The fraction of sp³-hybridized carbons (Fsp3) is 0.360. The highest BCUT2D eigenvalue weighted by Gasteiger charge is 2.36. The predicted octanol–water partition coefficient (Wildman–Crippen LogP) is 2.30. The number of aromatic amines is 1. The number of nitrogens with zero attached hydrogens (tertiary/aromatic N) is 3. The van der Waals surface area contributed by atoms with Crippen LogP contribution in [-0.4, -0.2) is 68.1 Å². The lowest BCUT2D eigenvalue weighted by Crippen LogP contribution is -2.47. The summed E-state index contributed by atoms with van der Waals surface area (Å²) in [5.41, 5.74) is 9.45. The van der Waals surface area contributed by atoms with Crippen LogP contribution in [0.3, 0.4) is 0 Å². The smallest absolute Gasteiger partial charge is 0.316 e. The molecule has 1 fully saturated rings. The lowest BCUT2D eigenvalue weighted by molar-refractivity contribution is -0.135. The van der Waals surface area contributed by atoms with E-state index in [2.05, 4.69) is 39.0 Å². The lowest BCUT2D eigenvalue weighted by atomic mass is 9.97. The molecule has 8 heteroatoms. The van der Waals surface area contributed by atoms with Crippen molar-refractivity contribution in [3.05, 3.63) is 54.2 Å². The molecule has 2 aliphatic heterocycles. The number of ether oxygens (including phenoxy) is 1. The topological polar surface area (TPSA) is 94.9 Å². The molecule has 1 unspecified atom stereocenters. The number of fused-ring (bicyclic) bond motifs is 2. The molecule has 1 atom stereocenters. The number of hydrogen-bond donors (Lipinski definition) is 2. The Bertz CT molecular complexity index is 1180. The standard InChI is InChI=1S/C25H29N5O3/c1-33-22-4-2-3-20-18(16-30(23(20)22)25(32)24(26)31)8-10-28-11-13-29(14-12-28)19-5-6-21-17(15-19)7-9-27-21/h2-7,9,15,18,27H,8,10-14,16H2,1H3,(H2,26,31). The quantitative estimate of drug-likeness (QED) is 0.586. The summed E-state index contributed by atoms with van der Waals surface area (Å²) in [4.78, 5) is 33.7. The predicted molar refractivity (Wildman–Crippen MR) is 129 cm³/mol. The first-order chi connectivity index (χ1) is 16.0. The number of piperazine rings is 1. The van der Waals surface area contributed by atoms with Crippen molar-refractivity contribution in [1.82, 2.24) is 9.88 Å². The zero-order valence-corrected chi connectivity index (χ0v) is 18.8. The van der Waals surface area contributed by atoms with Gasteiger partial charge >= 0.3 is 11.8 Å². The Balaban J connectivity index is 1.22. The lowest BCUT2D eigenvalue weighted by Gasteiger charge is -2.36. The molecule has 1 aromatic heterocycles. The van der Waals surface area contributed by atoms with Crippen LogP contribution in [0.2, 0.25) is 0 Å². The van der Waals surface area contributed by atoms with E-state index < -0.39 is 11.8 Å². The number of methoxy groups -OCH3 is 1. The number of benzene rings is 2. The molecule has 33 heavy (non-hydrogen) atoms. The van der Waals surface area contributed by atoms with Crippen LogP contribution in [0.15, 0.2) is 48.7 Å². The second kappa shape index (κ2) is 8.78. The zero-order chi connectivity index (χ0) is 22.9. The highest BCUT2D eigenvalue weighted by atomic mass is 16.5. The first kappa shape index (κ1) is 21.3. The van der Waals surface area contributed by atoms with Gasteiger partial charge in [0.15, 0.2) is 0 Å². The van der Waals surface area contributed by atoms with Crippen LogP contribution in [0.25, 0.3) is 10.9 Å². The summed E-state index contributed by atoms with van der Waals surface area (Å²) in [6, 6.07) is 14.4. The summed E-state index contributed by atoms with van der Waals surface area (Å²) >= 11 is 0. The third kappa shape index (κ3) is 4.02. The second-order valence-electron chi connectivity index (χ2n) is 8.74. The van der Waals surface area contributed by atoms with Gasteiger partial charge in [0.25, 0.3) is 0 Å². The number of carbonyl (C=O) groups is 2. The number of carbonyl (C=O) groups excluding carboxylic acids is 2. The molecule has 2 aromatic carbocycles. The highest BCUT2D eigenvalue weighted by Crippen LogP contribution is 2.44. The molecule has 0 saturated carbocycles. The SMILES string of the molecule is COc1cccc2c1N(C(=O)C(N)=O)CC2CCN1CCN(c2ccc3[nH]ccc3c2)CC1. The molecule has 0 aliphatic carbocycles. The summed E-state index contributed by atoms with van der Waals surface area (Å²) < 4.78 is 5.47. The van der Waals surface area contributed by atoms with Crippen molar-refractivity contribution in [3.63, 3.8) is 0 Å². The van der Waals surface area contributed by atoms with Crippen molar-refractivity contribution < 1.29 is 14.3 Å². The molecule has 5 rings (SSSR count). The Morgan fingerprint density at radius 1 is 1.12 bits per heavy atom. The first-order valence-corrected chi connectivity index (χ1v) is 11.4. The minimum Gasteiger partial charge on any atom is -0.495 e. The van der Waals surface area contributed by atoms with Gasteiger partial charge < -0.3 is 20.4 Å². The molecular weight excluding hydrogens is 418 g/mol. The van der Waals surface area contributed by atoms with Crippen LogP contribution in [0.5, 0.6) is 5.75 Å². The van der Waals surface area contributed by atoms with Gasteiger partial charge in [0, 0.05) is 61.4 Å². The van der Waals surface area contributed by atoms with Crippen LogP contribution in [0, 0.1) is 0 Å². The van der Waals surface area contributed by atoms with Crippen LogP contribution in [0.4, 0.5) is 11.4 Å². The summed E-state index contributed by atoms with van der Waals surface area (Å²) in [5, 5.41) is 1.24. The largest absolute Gasteiger partial charge is 0.495 e. The van der Waals surface area contributed by atoms with Gasteiger partial charge in [-0.05, 0) is 48.9 Å². The minimum atomic E-state index is -0.943. The Kier molecular flexibility index (Phi) is 5.68. The van der Waals surface area contributed by atoms with E-state index in [0.29, 0.717) is 18.0 Å². The van der Waals surface area contributed by atoms with Gasteiger partial charge in [-0.3, -0.25) is 19.4 Å². The number of rotatable bonds is 5. The Morgan fingerprint density at radius 3 is 2.70 bits per heavy atom. The van der Waals surface area contributed by atoms with Gasteiger partial charge in [0.1, 0.15) is 5.75 Å². The fourth-order valence-corrected chi connectivity index (χ4v) is 5.10. The average molecular weight is 448 g/mol. The van der Waals surface area contributed by atoms with Gasteiger partial charge in [-0.25, -0.2) is 0 Å². The number of anilines is 2. The van der Waals surface area contributed by atoms with E-state index in [4.69, 9.17) is 10.5 Å². The molecule has 3 N–H and O–H groups in total. The summed E-state index contributed by atoms with van der Waals surface area (Å²) in [7, 11) is 1.57. The Labute approximate surface area is 192 Å². The van der Waals surface area contributed by atoms with Gasteiger partial charge in [-0.1, -0.05) is 12.1 Å². The number of nitrogens with two attached hydrogens (primary N) is 1. The van der Waals surface area contributed by atoms with E-state index in [1.165, 1.54) is 16.0 Å². The van der Waals surface area contributed by atoms with Crippen LogP contribution >= 0.6 is 0 Å². The van der Waals surface area contributed by atoms with E-state index in [-0.39, 0.29) is 5.92 Å². The van der Waals surface area contributed by atoms with Crippen molar-refractivity contribution in [2.45, 2.75) is 12.3 Å². The fourth-order valence-electron chi connectivity index (χ4n) is 5.10. The third-order valence-electron chi connectivity index (χ3n) is 6.89. The normalized spacial score (nSPS) is 18.5. The number of amides is 2. The average Bonchev–Trinajstić information content (AvgIpc) is 3.46.